The number of fused-ring (bicyclic) bond motifs is 1. The Labute approximate surface area is 214 Å². The van der Waals surface area contributed by atoms with E-state index in [9.17, 15) is 35.9 Å². The molecule has 3 heterocycles. The van der Waals surface area contributed by atoms with Crippen molar-refractivity contribution in [3.05, 3.63) is 69.8 Å². The molecule has 2 aliphatic heterocycles. The molecule has 0 atom stereocenters. The van der Waals surface area contributed by atoms with Gasteiger partial charge in [0.25, 0.3) is 5.91 Å². The number of thioether (sulfide) groups is 1. The van der Waals surface area contributed by atoms with Gasteiger partial charge in [-0.1, -0.05) is 12.1 Å². The zero-order valence-corrected chi connectivity index (χ0v) is 19.8. The molecule has 0 aliphatic carbocycles. The minimum Gasteiger partial charge on any atom is -0.481 e. The van der Waals surface area contributed by atoms with Crippen molar-refractivity contribution in [1.82, 2.24) is 15.1 Å². The molecule has 2 aromatic carbocycles. The zero-order chi connectivity index (χ0) is 27.4. The van der Waals surface area contributed by atoms with Crippen molar-refractivity contribution in [3.63, 3.8) is 0 Å². The molecule has 1 aromatic heterocycles. The number of aromatic nitrogens is 2. The van der Waals surface area contributed by atoms with E-state index in [4.69, 9.17) is 5.11 Å². The molecule has 2 N–H and O–H groups in total. The fraction of sp³-hybridized carbons (Fsp3) is 0.250. The Hall–Kier alpha value is -3.81. The summed E-state index contributed by atoms with van der Waals surface area (Å²) in [6.45, 7) is 0.240. The standard InChI is InChI=1S/C24H16F6N4O3S/c25-23(26,27)15-3-1-12(17(7-15)24(28,29)30)6-16(11-2-4-18-13(5-11)8-31-33-18)19-20(35)32-22(38-19)34-9-14(10-34)21(36)37/h1-5,7-8,14H,6,9-10H2,(H,31,33)(H,36,37). The second kappa shape index (κ2) is 9.19. The quantitative estimate of drug-likeness (QED) is 0.340. The minimum absolute atomic E-state index is 0.00893. The summed E-state index contributed by atoms with van der Waals surface area (Å²) >= 11 is 0.895. The van der Waals surface area contributed by atoms with Gasteiger partial charge in [0, 0.05) is 18.5 Å². The number of carboxylic acid groups (broad SMARTS) is 1. The number of aromatic amines is 1. The number of halogens is 6. The van der Waals surface area contributed by atoms with Gasteiger partial charge in [-0.05, 0) is 59.1 Å². The van der Waals surface area contributed by atoms with Crippen LogP contribution < -0.4 is 0 Å². The van der Waals surface area contributed by atoms with Crippen molar-refractivity contribution in [2.45, 2.75) is 18.8 Å². The number of rotatable bonds is 4. The number of carbonyl (C=O) groups is 2. The first-order valence-corrected chi connectivity index (χ1v) is 11.9. The first kappa shape index (κ1) is 25.8. The Balaban J connectivity index is 1.58. The molecule has 0 saturated carbocycles. The third kappa shape index (κ3) is 4.87. The van der Waals surface area contributed by atoms with E-state index in [2.05, 4.69) is 15.2 Å². The number of amidine groups is 1. The predicted octanol–water partition coefficient (Wildman–Crippen LogP) is 5.20. The van der Waals surface area contributed by atoms with Gasteiger partial charge in [0.1, 0.15) is 0 Å². The van der Waals surface area contributed by atoms with Crippen molar-refractivity contribution in [2.24, 2.45) is 10.9 Å². The molecular weight excluding hydrogens is 538 g/mol. The van der Waals surface area contributed by atoms with Crippen LogP contribution in [0.2, 0.25) is 0 Å². The van der Waals surface area contributed by atoms with E-state index in [1.807, 2.05) is 0 Å². The molecular formula is C24H16F6N4O3S. The molecule has 2 aliphatic rings. The molecule has 0 spiro atoms. The fourth-order valence-corrected chi connectivity index (χ4v) is 5.25. The second-order valence-corrected chi connectivity index (χ2v) is 9.74. The van der Waals surface area contributed by atoms with Gasteiger partial charge in [-0.2, -0.15) is 36.4 Å². The van der Waals surface area contributed by atoms with Crippen LogP contribution in [0.1, 0.15) is 22.3 Å². The highest BCUT2D eigenvalue weighted by Gasteiger charge is 2.40. The summed E-state index contributed by atoms with van der Waals surface area (Å²) in [5.41, 5.74) is -2.21. The van der Waals surface area contributed by atoms with Gasteiger partial charge < -0.3 is 10.0 Å². The van der Waals surface area contributed by atoms with E-state index in [-0.39, 0.29) is 34.8 Å². The maximum absolute atomic E-state index is 13.9. The van der Waals surface area contributed by atoms with E-state index in [1.54, 1.807) is 23.1 Å². The van der Waals surface area contributed by atoms with Crippen molar-refractivity contribution in [2.75, 3.05) is 13.1 Å². The lowest BCUT2D eigenvalue weighted by molar-refractivity contribution is -0.146. The molecule has 1 fully saturated rings. The molecule has 14 heteroatoms. The highest BCUT2D eigenvalue weighted by atomic mass is 32.2. The van der Waals surface area contributed by atoms with Crippen LogP contribution in [-0.2, 0) is 28.4 Å². The Morgan fingerprint density at radius 1 is 1.08 bits per heavy atom. The lowest BCUT2D eigenvalue weighted by atomic mass is 9.92. The maximum atomic E-state index is 13.9. The summed E-state index contributed by atoms with van der Waals surface area (Å²) in [7, 11) is 0. The summed E-state index contributed by atoms with van der Waals surface area (Å²) in [6.07, 6.45) is -9.08. The van der Waals surface area contributed by atoms with Crippen LogP contribution in [0.4, 0.5) is 26.3 Å². The normalized spacial score (nSPS) is 18.1. The molecule has 0 bridgehead atoms. The number of nitrogens with zero attached hydrogens (tertiary/aromatic N) is 3. The number of H-pyrrole nitrogens is 1. The highest BCUT2D eigenvalue weighted by molar-refractivity contribution is 8.18. The average Bonchev–Trinajstić information content (AvgIpc) is 3.40. The molecule has 198 valence electrons. The number of carboxylic acids is 1. The zero-order valence-electron chi connectivity index (χ0n) is 19.0. The van der Waals surface area contributed by atoms with E-state index in [0.29, 0.717) is 22.5 Å². The van der Waals surface area contributed by atoms with Gasteiger partial charge in [-0.15, -0.1) is 0 Å². The number of aliphatic carboxylic acids is 1. The van der Waals surface area contributed by atoms with Crippen molar-refractivity contribution < 1.29 is 41.0 Å². The molecule has 1 amide bonds. The third-order valence-corrected chi connectivity index (χ3v) is 7.42. The van der Waals surface area contributed by atoms with Crippen LogP contribution in [0.15, 0.2) is 52.5 Å². The smallest absolute Gasteiger partial charge is 0.416 e. The van der Waals surface area contributed by atoms with Gasteiger partial charge in [-0.25, -0.2) is 0 Å². The first-order valence-electron chi connectivity index (χ1n) is 11.0. The van der Waals surface area contributed by atoms with Gasteiger partial charge in [0.2, 0.25) is 0 Å². The Morgan fingerprint density at radius 3 is 2.47 bits per heavy atom. The molecule has 5 rings (SSSR count). The van der Waals surface area contributed by atoms with E-state index in [1.165, 1.54) is 6.20 Å². The van der Waals surface area contributed by atoms with E-state index >= 15 is 0 Å². The number of nitrogens with one attached hydrogen (secondary N) is 1. The summed E-state index contributed by atoms with van der Waals surface area (Å²) in [5, 5.41) is 16.6. The van der Waals surface area contributed by atoms with Crippen LogP contribution in [-0.4, -0.2) is 50.3 Å². The highest BCUT2D eigenvalue weighted by Crippen LogP contribution is 2.42. The van der Waals surface area contributed by atoms with Gasteiger partial charge in [0.05, 0.1) is 33.7 Å². The Bertz CT molecular complexity index is 1520. The minimum atomic E-state index is -5.08. The summed E-state index contributed by atoms with van der Waals surface area (Å²) in [6, 6.07) is 6.19. The number of aliphatic imine (C=N–C) groups is 1. The van der Waals surface area contributed by atoms with Crippen molar-refractivity contribution >= 4 is 45.3 Å². The third-order valence-electron chi connectivity index (χ3n) is 6.26. The fourth-order valence-electron chi connectivity index (χ4n) is 4.22. The van der Waals surface area contributed by atoms with Crippen molar-refractivity contribution in [3.8, 4) is 0 Å². The molecule has 38 heavy (non-hydrogen) atoms. The van der Waals surface area contributed by atoms with Crippen LogP contribution >= 0.6 is 11.8 Å². The largest absolute Gasteiger partial charge is 0.481 e. The molecule has 0 unspecified atom stereocenters. The monoisotopic (exact) mass is 554 g/mol. The SMILES string of the molecule is O=C1N=C(N2CC(C(=O)O)C2)SC1=C(Cc1ccc(C(F)(F)F)cc1C(F)(F)F)c1ccc2[nH]ncc2c1. The van der Waals surface area contributed by atoms with E-state index in [0.717, 1.165) is 17.8 Å². The number of hydrogen-bond acceptors (Lipinski definition) is 5. The number of amides is 1. The second-order valence-electron chi connectivity index (χ2n) is 8.77. The molecule has 7 nitrogen and oxygen atoms in total. The summed E-state index contributed by atoms with van der Waals surface area (Å²) in [5.74, 6) is -2.36. The molecule has 0 radical (unpaired) electrons. The lowest BCUT2D eigenvalue weighted by Crippen LogP contribution is -2.51. The van der Waals surface area contributed by atoms with E-state index < -0.39 is 53.3 Å². The van der Waals surface area contributed by atoms with Crippen LogP contribution in [0.3, 0.4) is 0 Å². The van der Waals surface area contributed by atoms with Crippen LogP contribution in [0.5, 0.6) is 0 Å². The molecule has 3 aromatic rings. The maximum Gasteiger partial charge on any atom is 0.416 e. The Kier molecular flexibility index (Phi) is 6.24. The average molecular weight is 554 g/mol. The summed E-state index contributed by atoms with van der Waals surface area (Å²) in [4.78, 5) is 29.6. The number of hydrogen-bond donors (Lipinski definition) is 2. The summed E-state index contributed by atoms with van der Waals surface area (Å²) < 4.78 is 81.1. The topological polar surface area (TPSA) is 98.6 Å². The van der Waals surface area contributed by atoms with Crippen LogP contribution in [0, 0.1) is 5.92 Å². The number of benzene rings is 2. The lowest BCUT2D eigenvalue weighted by Gasteiger charge is -2.37. The van der Waals surface area contributed by atoms with Gasteiger partial charge in [-0.3, -0.25) is 14.7 Å². The molecule has 1 saturated heterocycles. The number of carbonyl (C=O) groups excluding carboxylic acids is 1. The first-order chi connectivity index (χ1) is 17.8. The van der Waals surface area contributed by atoms with Gasteiger partial charge in [0.15, 0.2) is 5.17 Å². The number of allylic oxidation sites excluding steroid dienone is 1. The predicted molar refractivity (Wildman–Crippen MR) is 126 cm³/mol. The van der Waals surface area contributed by atoms with Crippen molar-refractivity contribution in [1.29, 1.82) is 0 Å². The van der Waals surface area contributed by atoms with Gasteiger partial charge >= 0.3 is 18.3 Å². The Morgan fingerprint density at radius 2 is 1.82 bits per heavy atom. The number of likely N-dealkylation sites (tertiary alicyclic amines) is 1. The number of alkyl halides is 6. The van der Waals surface area contributed by atoms with Crippen LogP contribution in [0.25, 0.3) is 16.5 Å².